The number of hydrogen-bond acceptors (Lipinski definition) is 6. The highest BCUT2D eigenvalue weighted by Crippen LogP contribution is 2.23. The van der Waals surface area contributed by atoms with Gasteiger partial charge in [0.25, 0.3) is 0 Å². The summed E-state index contributed by atoms with van der Waals surface area (Å²) in [5, 5.41) is 8.85. The summed E-state index contributed by atoms with van der Waals surface area (Å²) in [6.45, 7) is 1.66. The molecule has 0 aromatic carbocycles. The van der Waals surface area contributed by atoms with Crippen molar-refractivity contribution in [3.63, 3.8) is 0 Å². The first kappa shape index (κ1) is 29.6. The fourth-order valence-corrected chi connectivity index (χ4v) is 4.15. The number of unbranched alkanes of at least 4 members (excludes halogenated alkanes) is 14. The molecule has 1 heterocycles. The number of carbonyl (C=O) groups excluding carboxylic acids is 3. The number of cyclic esters (lactones) is 2. The van der Waals surface area contributed by atoms with E-state index >= 15 is 0 Å². The van der Waals surface area contributed by atoms with Gasteiger partial charge in [-0.15, -0.1) is 0 Å². The smallest absolute Gasteiger partial charge is 0.342 e. The summed E-state index contributed by atoms with van der Waals surface area (Å²) < 4.78 is 9.23. The van der Waals surface area contributed by atoms with E-state index in [2.05, 4.69) is 9.47 Å². The van der Waals surface area contributed by atoms with Gasteiger partial charge >= 0.3 is 23.9 Å². The van der Waals surface area contributed by atoms with Gasteiger partial charge in [0.2, 0.25) is 0 Å². The second-order valence-corrected chi connectivity index (χ2v) is 9.06. The molecule has 1 aliphatic rings. The van der Waals surface area contributed by atoms with Crippen LogP contribution in [0.2, 0.25) is 0 Å². The van der Waals surface area contributed by atoms with Crippen molar-refractivity contribution in [3.05, 3.63) is 22.8 Å². The standard InChI is InChI=1S/C27H42O7/c1-21-23(27(32)34-25(21)30)19-17-15-13-11-9-7-5-3-4-6-8-10-12-14-16-18-22(20-24(28)29)26(31)33-2/h18H,3-17,19-20H2,1-2H3,(H,28,29). The second-order valence-electron chi connectivity index (χ2n) is 9.06. The molecule has 1 N–H and O–H groups in total. The van der Waals surface area contributed by atoms with Gasteiger partial charge in [-0.05, 0) is 32.6 Å². The third kappa shape index (κ3) is 12.7. The molecular weight excluding hydrogens is 436 g/mol. The van der Waals surface area contributed by atoms with Crippen LogP contribution in [0.15, 0.2) is 22.8 Å². The highest BCUT2D eigenvalue weighted by atomic mass is 16.6. The van der Waals surface area contributed by atoms with Crippen molar-refractivity contribution in [3.8, 4) is 0 Å². The number of carboxylic acid groups (broad SMARTS) is 1. The second kappa shape index (κ2) is 18.0. The quantitative estimate of drug-likeness (QED) is 0.0960. The first-order valence-electron chi connectivity index (χ1n) is 12.8. The zero-order chi connectivity index (χ0) is 25.2. The first-order valence-corrected chi connectivity index (χ1v) is 12.8. The highest BCUT2D eigenvalue weighted by Gasteiger charge is 2.28. The molecule has 192 valence electrons. The normalized spacial score (nSPS) is 14.0. The van der Waals surface area contributed by atoms with Crippen LogP contribution in [0.25, 0.3) is 0 Å². The van der Waals surface area contributed by atoms with E-state index in [-0.39, 0.29) is 12.0 Å². The SMILES string of the molecule is COC(=O)C(=CCCCCCCCCCCCCCCCCC1=C(C)C(=O)OC1=O)CC(=O)O. The number of carboxylic acids is 1. The minimum Gasteiger partial charge on any atom is -0.481 e. The minimum absolute atomic E-state index is 0.232. The maximum atomic E-state index is 11.5. The molecule has 7 heteroatoms. The summed E-state index contributed by atoms with van der Waals surface area (Å²) in [4.78, 5) is 45.2. The Hall–Kier alpha value is -2.44. The molecule has 0 atom stereocenters. The van der Waals surface area contributed by atoms with Crippen LogP contribution < -0.4 is 0 Å². The molecule has 0 aromatic heterocycles. The molecule has 34 heavy (non-hydrogen) atoms. The lowest BCUT2D eigenvalue weighted by atomic mass is 10.0. The summed E-state index contributed by atoms with van der Waals surface area (Å²) in [6.07, 6.45) is 19.2. The summed E-state index contributed by atoms with van der Waals surface area (Å²) in [6, 6.07) is 0. The topological polar surface area (TPSA) is 107 Å². The predicted octanol–water partition coefficient (Wildman–Crippen LogP) is 6.20. The molecule has 0 amide bonds. The van der Waals surface area contributed by atoms with Crippen molar-refractivity contribution in [2.24, 2.45) is 0 Å². The summed E-state index contributed by atoms with van der Waals surface area (Å²) in [5.74, 6) is -2.52. The zero-order valence-corrected chi connectivity index (χ0v) is 21.0. The monoisotopic (exact) mass is 478 g/mol. The fraction of sp³-hybridized carbons (Fsp3) is 0.704. The van der Waals surface area contributed by atoms with Crippen molar-refractivity contribution in [2.75, 3.05) is 7.11 Å². The highest BCUT2D eigenvalue weighted by molar-refractivity contribution is 6.11. The maximum Gasteiger partial charge on any atom is 0.342 e. The number of aliphatic carboxylic acids is 1. The van der Waals surface area contributed by atoms with E-state index in [9.17, 15) is 19.2 Å². The van der Waals surface area contributed by atoms with E-state index in [1.54, 1.807) is 13.0 Å². The Morgan fingerprint density at radius 2 is 1.26 bits per heavy atom. The Balaban J connectivity index is 1.89. The summed E-state index contributed by atoms with van der Waals surface area (Å²) in [7, 11) is 1.27. The molecule has 1 rings (SSSR count). The number of methoxy groups -OCH3 is 1. The Labute approximate surface area is 204 Å². The molecule has 1 aliphatic heterocycles. The molecule has 0 saturated carbocycles. The Bertz CT molecular complexity index is 733. The van der Waals surface area contributed by atoms with E-state index in [1.165, 1.54) is 71.3 Å². The third-order valence-corrected chi connectivity index (χ3v) is 6.25. The van der Waals surface area contributed by atoms with Crippen LogP contribution in [0, 0.1) is 0 Å². The van der Waals surface area contributed by atoms with Gasteiger partial charge in [0.05, 0.1) is 13.5 Å². The van der Waals surface area contributed by atoms with Gasteiger partial charge in [-0.1, -0.05) is 83.1 Å². The Morgan fingerprint density at radius 3 is 1.68 bits per heavy atom. The molecule has 0 saturated heterocycles. The molecule has 0 radical (unpaired) electrons. The molecular formula is C27H42O7. The lowest BCUT2D eigenvalue weighted by Gasteiger charge is -2.04. The number of esters is 3. The van der Waals surface area contributed by atoms with E-state index < -0.39 is 23.9 Å². The van der Waals surface area contributed by atoms with Crippen LogP contribution in [0.3, 0.4) is 0 Å². The lowest BCUT2D eigenvalue weighted by molar-refractivity contribution is -0.151. The first-order chi connectivity index (χ1) is 16.4. The molecule has 0 aliphatic carbocycles. The average molecular weight is 479 g/mol. The average Bonchev–Trinajstić information content (AvgIpc) is 3.05. The van der Waals surface area contributed by atoms with Crippen LogP contribution in [0.4, 0.5) is 0 Å². The van der Waals surface area contributed by atoms with E-state index in [1.807, 2.05) is 0 Å². The zero-order valence-electron chi connectivity index (χ0n) is 21.0. The van der Waals surface area contributed by atoms with E-state index in [0.29, 0.717) is 24.0 Å². The number of rotatable bonds is 20. The van der Waals surface area contributed by atoms with Gasteiger partial charge < -0.3 is 14.6 Å². The summed E-state index contributed by atoms with van der Waals surface area (Å²) in [5.41, 5.74) is 1.27. The van der Waals surface area contributed by atoms with Crippen LogP contribution >= 0.6 is 0 Å². The largest absolute Gasteiger partial charge is 0.481 e. The van der Waals surface area contributed by atoms with E-state index in [0.717, 1.165) is 25.7 Å². The molecule has 0 spiro atoms. The van der Waals surface area contributed by atoms with E-state index in [4.69, 9.17) is 5.11 Å². The van der Waals surface area contributed by atoms with Crippen molar-refractivity contribution < 1.29 is 33.8 Å². The predicted molar refractivity (Wildman–Crippen MR) is 130 cm³/mol. The van der Waals surface area contributed by atoms with Crippen molar-refractivity contribution >= 4 is 23.9 Å². The van der Waals surface area contributed by atoms with Gasteiger partial charge in [0.1, 0.15) is 0 Å². The maximum absolute atomic E-state index is 11.5. The Morgan fingerprint density at radius 1 is 0.794 bits per heavy atom. The van der Waals surface area contributed by atoms with Crippen LogP contribution in [-0.2, 0) is 28.7 Å². The van der Waals surface area contributed by atoms with Gasteiger partial charge in [-0.2, -0.15) is 0 Å². The number of ether oxygens (including phenoxy) is 2. The molecule has 7 nitrogen and oxygen atoms in total. The number of hydrogen-bond donors (Lipinski definition) is 1. The van der Waals surface area contributed by atoms with Crippen LogP contribution in [0.5, 0.6) is 0 Å². The fourth-order valence-electron chi connectivity index (χ4n) is 4.15. The molecule has 0 fully saturated rings. The van der Waals surface area contributed by atoms with Gasteiger partial charge in [-0.25, -0.2) is 14.4 Å². The van der Waals surface area contributed by atoms with Crippen LogP contribution in [-0.4, -0.2) is 36.1 Å². The number of carbonyl (C=O) groups is 4. The van der Waals surface area contributed by atoms with Gasteiger partial charge in [0.15, 0.2) is 0 Å². The summed E-state index contributed by atoms with van der Waals surface area (Å²) >= 11 is 0. The molecule has 0 bridgehead atoms. The number of allylic oxidation sites excluding steroid dienone is 1. The van der Waals surface area contributed by atoms with Crippen molar-refractivity contribution in [1.29, 1.82) is 0 Å². The third-order valence-electron chi connectivity index (χ3n) is 6.25. The molecule has 0 unspecified atom stereocenters. The molecule has 0 aromatic rings. The Kier molecular flexibility index (Phi) is 15.6. The van der Waals surface area contributed by atoms with Crippen LogP contribution in [0.1, 0.15) is 116 Å². The van der Waals surface area contributed by atoms with Gasteiger partial charge in [0, 0.05) is 16.7 Å². The van der Waals surface area contributed by atoms with Gasteiger partial charge in [-0.3, -0.25) is 4.79 Å². The lowest BCUT2D eigenvalue weighted by Crippen LogP contribution is -2.09. The van der Waals surface area contributed by atoms with Crippen molar-refractivity contribution in [1.82, 2.24) is 0 Å². The minimum atomic E-state index is -1.02. The van der Waals surface area contributed by atoms with Crippen molar-refractivity contribution in [2.45, 2.75) is 116 Å².